The van der Waals surface area contributed by atoms with Gasteiger partial charge in [0.05, 0.1) is 6.20 Å². The number of Topliss-reactive ketones (excluding diaryl/α,β-unsaturated/α-hetero) is 1. The summed E-state index contributed by atoms with van der Waals surface area (Å²) in [6.07, 6.45) is 11.6. The molecule has 0 amide bonds. The Balaban J connectivity index is 1.72. The molecule has 1 aliphatic carbocycles. The zero-order valence-electron chi connectivity index (χ0n) is 10.7. The highest BCUT2D eigenvalue weighted by atomic mass is 16.1. The summed E-state index contributed by atoms with van der Waals surface area (Å²) in [4.78, 5) is 11.8. The van der Waals surface area contributed by atoms with Crippen LogP contribution < -0.4 is 0 Å². The van der Waals surface area contributed by atoms with E-state index in [0.29, 0.717) is 12.2 Å². The number of hydrogen-bond acceptors (Lipinski definition) is 2. The Morgan fingerprint density at radius 2 is 2.24 bits per heavy atom. The average Bonchev–Trinajstić information content (AvgIpc) is 2.97. The Kier molecular flexibility index (Phi) is 4.35. The number of nitrogens with zero attached hydrogens (tertiary/aromatic N) is 2. The molecule has 0 bridgehead atoms. The average molecular weight is 234 g/mol. The number of aromatic nitrogens is 2. The van der Waals surface area contributed by atoms with Crippen molar-refractivity contribution in [1.29, 1.82) is 0 Å². The molecule has 1 aromatic rings. The van der Waals surface area contributed by atoms with Gasteiger partial charge in [-0.1, -0.05) is 25.7 Å². The standard InChI is InChI=1S/C14H22N2O/c1-2-16-11-13(10-15-16)9-14(17)8-7-12-5-3-4-6-12/h10-12H,2-9H2,1H3. The Bertz CT molecular complexity index is 364. The van der Waals surface area contributed by atoms with Crippen molar-refractivity contribution in [2.45, 2.75) is 58.4 Å². The van der Waals surface area contributed by atoms with Crippen molar-refractivity contribution < 1.29 is 4.79 Å². The number of hydrogen-bond donors (Lipinski definition) is 0. The SMILES string of the molecule is CCn1cc(CC(=O)CCC2CCCC2)cn1. The molecular weight excluding hydrogens is 212 g/mol. The summed E-state index contributed by atoms with van der Waals surface area (Å²) in [5, 5.41) is 4.19. The molecule has 0 radical (unpaired) electrons. The van der Waals surface area contributed by atoms with Crippen LogP contribution in [0.4, 0.5) is 0 Å². The number of carbonyl (C=O) groups is 1. The second kappa shape index (κ2) is 5.99. The summed E-state index contributed by atoms with van der Waals surface area (Å²) in [6.45, 7) is 2.93. The third kappa shape index (κ3) is 3.69. The number of carbonyl (C=O) groups excluding carboxylic acids is 1. The molecule has 94 valence electrons. The lowest BCUT2D eigenvalue weighted by atomic mass is 9.98. The number of ketones is 1. The minimum atomic E-state index is 0.368. The van der Waals surface area contributed by atoms with Crippen LogP contribution in [-0.2, 0) is 17.8 Å². The highest BCUT2D eigenvalue weighted by Crippen LogP contribution is 2.28. The summed E-state index contributed by atoms with van der Waals surface area (Å²) < 4.78 is 1.87. The van der Waals surface area contributed by atoms with Crippen molar-refractivity contribution in [3.63, 3.8) is 0 Å². The van der Waals surface area contributed by atoms with Gasteiger partial charge < -0.3 is 0 Å². The van der Waals surface area contributed by atoms with E-state index in [0.717, 1.165) is 30.9 Å². The van der Waals surface area contributed by atoms with Gasteiger partial charge >= 0.3 is 0 Å². The van der Waals surface area contributed by atoms with Crippen molar-refractivity contribution in [2.24, 2.45) is 5.92 Å². The van der Waals surface area contributed by atoms with E-state index in [9.17, 15) is 4.79 Å². The van der Waals surface area contributed by atoms with Gasteiger partial charge in [-0.2, -0.15) is 5.10 Å². The molecule has 0 saturated heterocycles. The summed E-state index contributed by atoms with van der Waals surface area (Å²) in [6, 6.07) is 0. The number of rotatable bonds is 6. The Hall–Kier alpha value is -1.12. The molecule has 2 rings (SSSR count). The van der Waals surface area contributed by atoms with Crippen LogP contribution in [0.3, 0.4) is 0 Å². The molecular formula is C14H22N2O. The molecule has 0 atom stereocenters. The molecule has 0 aliphatic heterocycles. The van der Waals surface area contributed by atoms with E-state index in [1.54, 1.807) is 0 Å². The van der Waals surface area contributed by atoms with E-state index in [-0.39, 0.29) is 0 Å². The maximum Gasteiger partial charge on any atom is 0.137 e. The van der Waals surface area contributed by atoms with Gasteiger partial charge in [0.2, 0.25) is 0 Å². The third-order valence-corrected chi connectivity index (χ3v) is 3.72. The van der Waals surface area contributed by atoms with Crippen LogP contribution in [0.25, 0.3) is 0 Å². The van der Waals surface area contributed by atoms with Crippen LogP contribution in [0.15, 0.2) is 12.4 Å². The first kappa shape index (κ1) is 12.3. The van der Waals surface area contributed by atoms with Crippen molar-refractivity contribution in [3.05, 3.63) is 18.0 Å². The van der Waals surface area contributed by atoms with Crippen molar-refractivity contribution in [2.75, 3.05) is 0 Å². The Morgan fingerprint density at radius 3 is 2.88 bits per heavy atom. The van der Waals surface area contributed by atoms with Gasteiger partial charge in [0, 0.05) is 25.6 Å². The lowest BCUT2D eigenvalue weighted by Gasteiger charge is -2.06. The molecule has 1 aliphatic rings. The molecule has 1 fully saturated rings. The Morgan fingerprint density at radius 1 is 1.47 bits per heavy atom. The van der Waals surface area contributed by atoms with E-state index < -0.39 is 0 Å². The van der Waals surface area contributed by atoms with Crippen LogP contribution in [-0.4, -0.2) is 15.6 Å². The predicted molar refractivity (Wildman–Crippen MR) is 67.8 cm³/mol. The van der Waals surface area contributed by atoms with Crippen molar-refractivity contribution in [1.82, 2.24) is 9.78 Å². The number of aryl methyl sites for hydroxylation is 1. The van der Waals surface area contributed by atoms with Gasteiger partial charge in [0.1, 0.15) is 5.78 Å². The zero-order valence-corrected chi connectivity index (χ0v) is 10.7. The van der Waals surface area contributed by atoms with Crippen molar-refractivity contribution in [3.8, 4) is 0 Å². The zero-order chi connectivity index (χ0) is 12.1. The molecule has 1 heterocycles. The predicted octanol–water partition coefficient (Wildman–Crippen LogP) is 2.99. The first-order valence-electron chi connectivity index (χ1n) is 6.81. The summed E-state index contributed by atoms with van der Waals surface area (Å²) >= 11 is 0. The smallest absolute Gasteiger partial charge is 0.137 e. The van der Waals surface area contributed by atoms with E-state index in [1.807, 2.05) is 17.1 Å². The summed E-state index contributed by atoms with van der Waals surface area (Å²) in [7, 11) is 0. The van der Waals surface area contributed by atoms with Gasteiger partial charge in [-0.05, 0) is 24.8 Å². The molecule has 17 heavy (non-hydrogen) atoms. The van der Waals surface area contributed by atoms with Crippen LogP contribution in [0.1, 0.15) is 51.0 Å². The lowest BCUT2D eigenvalue weighted by Crippen LogP contribution is -2.05. The highest BCUT2D eigenvalue weighted by molar-refractivity contribution is 5.80. The molecule has 1 aromatic heterocycles. The molecule has 1 saturated carbocycles. The van der Waals surface area contributed by atoms with Gasteiger partial charge in [0.15, 0.2) is 0 Å². The van der Waals surface area contributed by atoms with E-state index in [1.165, 1.54) is 25.7 Å². The van der Waals surface area contributed by atoms with E-state index in [2.05, 4.69) is 12.0 Å². The lowest BCUT2D eigenvalue weighted by molar-refractivity contribution is -0.118. The summed E-state index contributed by atoms with van der Waals surface area (Å²) in [5.74, 6) is 1.19. The fourth-order valence-electron chi connectivity index (χ4n) is 2.65. The highest BCUT2D eigenvalue weighted by Gasteiger charge is 2.16. The van der Waals surface area contributed by atoms with Crippen LogP contribution in [0.5, 0.6) is 0 Å². The summed E-state index contributed by atoms with van der Waals surface area (Å²) in [5.41, 5.74) is 1.06. The van der Waals surface area contributed by atoms with Crippen LogP contribution in [0, 0.1) is 5.92 Å². The molecule has 0 N–H and O–H groups in total. The van der Waals surface area contributed by atoms with Crippen molar-refractivity contribution >= 4 is 5.78 Å². The van der Waals surface area contributed by atoms with Gasteiger partial charge in [-0.3, -0.25) is 9.48 Å². The van der Waals surface area contributed by atoms with Crippen LogP contribution >= 0.6 is 0 Å². The fourth-order valence-corrected chi connectivity index (χ4v) is 2.65. The topological polar surface area (TPSA) is 34.9 Å². The molecule has 3 nitrogen and oxygen atoms in total. The molecule has 0 aromatic carbocycles. The molecule has 0 spiro atoms. The quantitative estimate of drug-likeness (QED) is 0.758. The van der Waals surface area contributed by atoms with Gasteiger partial charge in [-0.25, -0.2) is 0 Å². The third-order valence-electron chi connectivity index (χ3n) is 3.72. The largest absolute Gasteiger partial charge is 0.299 e. The van der Waals surface area contributed by atoms with E-state index in [4.69, 9.17) is 0 Å². The van der Waals surface area contributed by atoms with Gasteiger partial charge in [0.25, 0.3) is 0 Å². The first-order valence-corrected chi connectivity index (χ1v) is 6.81. The first-order chi connectivity index (χ1) is 8.28. The second-order valence-electron chi connectivity index (χ2n) is 5.11. The molecule has 3 heteroatoms. The van der Waals surface area contributed by atoms with Gasteiger partial charge in [-0.15, -0.1) is 0 Å². The monoisotopic (exact) mass is 234 g/mol. The van der Waals surface area contributed by atoms with E-state index >= 15 is 0 Å². The minimum absolute atomic E-state index is 0.368. The Labute approximate surface area is 103 Å². The minimum Gasteiger partial charge on any atom is -0.299 e. The van der Waals surface area contributed by atoms with Crippen LogP contribution in [0.2, 0.25) is 0 Å². The normalized spacial score (nSPS) is 16.5. The maximum atomic E-state index is 11.8. The molecule has 0 unspecified atom stereocenters. The maximum absolute atomic E-state index is 11.8. The second-order valence-corrected chi connectivity index (χ2v) is 5.11. The fraction of sp³-hybridized carbons (Fsp3) is 0.714.